The summed E-state index contributed by atoms with van der Waals surface area (Å²) >= 11 is 0. The molecular formula is C11H22. The van der Waals surface area contributed by atoms with Gasteiger partial charge in [-0.05, 0) is 30.1 Å². The molecule has 0 aliphatic heterocycles. The molecule has 11 heavy (non-hydrogen) atoms. The van der Waals surface area contributed by atoms with Gasteiger partial charge in [-0.15, -0.1) is 0 Å². The van der Waals surface area contributed by atoms with Crippen molar-refractivity contribution < 1.29 is 0 Å². The highest BCUT2D eigenvalue weighted by Crippen LogP contribution is 2.49. The Morgan fingerprint density at radius 3 is 2.18 bits per heavy atom. The van der Waals surface area contributed by atoms with Gasteiger partial charge in [-0.3, -0.25) is 0 Å². The van der Waals surface area contributed by atoms with Gasteiger partial charge in [0.1, 0.15) is 0 Å². The zero-order valence-electron chi connectivity index (χ0n) is 8.43. The van der Waals surface area contributed by atoms with Crippen LogP contribution in [0.1, 0.15) is 47.0 Å². The molecule has 3 atom stereocenters. The van der Waals surface area contributed by atoms with Crippen LogP contribution in [-0.4, -0.2) is 0 Å². The Labute approximate surface area is 71.4 Å². The molecular weight excluding hydrogens is 132 g/mol. The molecule has 0 amide bonds. The smallest absolute Gasteiger partial charge is 0.0355 e. The fourth-order valence-electron chi connectivity index (χ4n) is 2.33. The third kappa shape index (κ3) is 2.21. The third-order valence-corrected chi connectivity index (χ3v) is 3.22. The Morgan fingerprint density at radius 2 is 1.82 bits per heavy atom. The van der Waals surface area contributed by atoms with Crippen LogP contribution in [0.4, 0.5) is 0 Å². The van der Waals surface area contributed by atoms with Crippen molar-refractivity contribution >= 4 is 0 Å². The lowest BCUT2D eigenvalue weighted by atomic mass is 9.96. The van der Waals surface area contributed by atoms with Gasteiger partial charge in [0, 0.05) is 0 Å². The molecule has 0 heterocycles. The Balaban J connectivity index is 2.20. The molecule has 0 bridgehead atoms. The summed E-state index contributed by atoms with van der Waals surface area (Å²) in [5, 5.41) is 0. The van der Waals surface area contributed by atoms with Crippen molar-refractivity contribution in [3.8, 4) is 0 Å². The maximum atomic E-state index is 2.43. The first-order valence-electron chi connectivity index (χ1n) is 5.16. The van der Waals surface area contributed by atoms with Gasteiger partial charge in [-0.25, -0.2) is 0 Å². The normalized spacial score (nSPS) is 32.5. The van der Waals surface area contributed by atoms with Crippen molar-refractivity contribution in [1.82, 2.24) is 0 Å². The molecule has 0 heteroatoms. The van der Waals surface area contributed by atoms with Crippen LogP contribution in [0.2, 0.25) is 0 Å². The average Bonchev–Trinajstić information content (AvgIpc) is 2.65. The highest BCUT2D eigenvalue weighted by Gasteiger charge is 2.41. The van der Waals surface area contributed by atoms with Crippen LogP contribution >= 0.6 is 0 Å². The second-order valence-corrected chi connectivity index (χ2v) is 4.57. The number of hydrogen-bond acceptors (Lipinski definition) is 0. The second kappa shape index (κ2) is 3.60. The Kier molecular flexibility index (Phi) is 2.98. The van der Waals surface area contributed by atoms with Crippen molar-refractivity contribution in [3.05, 3.63) is 0 Å². The summed E-state index contributed by atoms with van der Waals surface area (Å²) in [5.41, 5.74) is 0. The SMILES string of the molecule is CCCC(C)C1CC1C(C)C. The van der Waals surface area contributed by atoms with Gasteiger partial charge in [0.15, 0.2) is 0 Å². The Bertz CT molecular complexity index is 115. The molecule has 0 N–H and O–H groups in total. The zero-order chi connectivity index (χ0) is 8.43. The summed E-state index contributed by atoms with van der Waals surface area (Å²) in [7, 11) is 0. The van der Waals surface area contributed by atoms with Crippen LogP contribution in [0, 0.1) is 23.7 Å². The molecule has 3 unspecified atom stereocenters. The summed E-state index contributed by atoms with van der Waals surface area (Å²) < 4.78 is 0. The fourth-order valence-corrected chi connectivity index (χ4v) is 2.33. The van der Waals surface area contributed by atoms with Gasteiger partial charge in [0.05, 0.1) is 0 Å². The summed E-state index contributed by atoms with van der Waals surface area (Å²) in [4.78, 5) is 0. The molecule has 1 fully saturated rings. The largest absolute Gasteiger partial charge is 0.0654 e. The van der Waals surface area contributed by atoms with Crippen molar-refractivity contribution in [2.45, 2.75) is 47.0 Å². The lowest BCUT2D eigenvalue weighted by Gasteiger charge is -2.10. The van der Waals surface area contributed by atoms with E-state index in [-0.39, 0.29) is 0 Å². The molecule has 66 valence electrons. The number of hydrogen-bond donors (Lipinski definition) is 0. The van der Waals surface area contributed by atoms with Crippen LogP contribution < -0.4 is 0 Å². The quantitative estimate of drug-likeness (QED) is 0.579. The van der Waals surface area contributed by atoms with Crippen molar-refractivity contribution in [3.63, 3.8) is 0 Å². The molecule has 1 rings (SSSR count). The van der Waals surface area contributed by atoms with Gasteiger partial charge < -0.3 is 0 Å². The third-order valence-electron chi connectivity index (χ3n) is 3.22. The second-order valence-electron chi connectivity index (χ2n) is 4.57. The maximum absolute atomic E-state index is 2.43. The first-order chi connectivity index (χ1) is 5.16. The van der Waals surface area contributed by atoms with E-state index < -0.39 is 0 Å². The molecule has 0 aromatic heterocycles. The molecule has 0 radical (unpaired) electrons. The van der Waals surface area contributed by atoms with Crippen LogP contribution in [0.25, 0.3) is 0 Å². The van der Waals surface area contributed by atoms with Gasteiger partial charge in [0.25, 0.3) is 0 Å². The van der Waals surface area contributed by atoms with E-state index in [0.29, 0.717) is 0 Å². The molecule has 0 aromatic carbocycles. The van der Waals surface area contributed by atoms with E-state index in [0.717, 1.165) is 23.7 Å². The molecule has 0 nitrogen and oxygen atoms in total. The molecule has 1 aliphatic carbocycles. The average molecular weight is 154 g/mol. The lowest BCUT2D eigenvalue weighted by molar-refractivity contribution is 0.400. The van der Waals surface area contributed by atoms with E-state index in [9.17, 15) is 0 Å². The fraction of sp³-hybridized carbons (Fsp3) is 1.00. The van der Waals surface area contributed by atoms with Crippen LogP contribution in [0.3, 0.4) is 0 Å². The van der Waals surface area contributed by atoms with Gasteiger partial charge in [-0.2, -0.15) is 0 Å². The molecule has 1 saturated carbocycles. The van der Waals surface area contributed by atoms with Crippen molar-refractivity contribution in [1.29, 1.82) is 0 Å². The van der Waals surface area contributed by atoms with E-state index in [2.05, 4.69) is 27.7 Å². The zero-order valence-corrected chi connectivity index (χ0v) is 8.43. The minimum atomic E-state index is 0.930. The summed E-state index contributed by atoms with van der Waals surface area (Å²) in [6, 6.07) is 0. The van der Waals surface area contributed by atoms with Gasteiger partial charge >= 0.3 is 0 Å². The standard InChI is InChI=1S/C11H22/c1-5-6-9(4)11-7-10(11)8(2)3/h8-11H,5-7H2,1-4H3. The van der Waals surface area contributed by atoms with Crippen molar-refractivity contribution in [2.75, 3.05) is 0 Å². The lowest BCUT2D eigenvalue weighted by Crippen LogP contribution is -2.01. The van der Waals surface area contributed by atoms with E-state index in [1.807, 2.05) is 0 Å². The Morgan fingerprint density at radius 1 is 1.18 bits per heavy atom. The molecule has 1 aliphatic rings. The minimum absolute atomic E-state index is 0.930. The first kappa shape index (κ1) is 9.09. The monoisotopic (exact) mass is 154 g/mol. The highest BCUT2D eigenvalue weighted by molar-refractivity contribution is 4.91. The topological polar surface area (TPSA) is 0 Å². The molecule has 0 spiro atoms. The van der Waals surface area contributed by atoms with E-state index in [1.54, 1.807) is 0 Å². The minimum Gasteiger partial charge on any atom is -0.0654 e. The highest BCUT2D eigenvalue weighted by atomic mass is 14.5. The van der Waals surface area contributed by atoms with Crippen LogP contribution in [0.15, 0.2) is 0 Å². The predicted octanol–water partition coefficient (Wildman–Crippen LogP) is 3.71. The van der Waals surface area contributed by atoms with Gasteiger partial charge in [0.2, 0.25) is 0 Å². The number of rotatable bonds is 4. The summed E-state index contributed by atoms with van der Waals surface area (Å²) in [6.07, 6.45) is 4.31. The summed E-state index contributed by atoms with van der Waals surface area (Å²) in [6.45, 7) is 9.45. The maximum Gasteiger partial charge on any atom is -0.0355 e. The van der Waals surface area contributed by atoms with Crippen LogP contribution in [-0.2, 0) is 0 Å². The van der Waals surface area contributed by atoms with E-state index >= 15 is 0 Å². The van der Waals surface area contributed by atoms with Crippen LogP contribution in [0.5, 0.6) is 0 Å². The van der Waals surface area contributed by atoms with E-state index in [1.165, 1.54) is 19.3 Å². The molecule has 0 aromatic rings. The Hall–Kier alpha value is 0. The summed E-state index contributed by atoms with van der Waals surface area (Å²) in [5.74, 6) is 4.07. The first-order valence-corrected chi connectivity index (χ1v) is 5.16. The molecule has 0 saturated heterocycles. The van der Waals surface area contributed by atoms with E-state index in [4.69, 9.17) is 0 Å². The van der Waals surface area contributed by atoms with Gasteiger partial charge in [-0.1, -0.05) is 40.5 Å². The van der Waals surface area contributed by atoms with Crippen molar-refractivity contribution in [2.24, 2.45) is 23.7 Å². The predicted molar refractivity (Wildman–Crippen MR) is 50.5 cm³/mol.